The second kappa shape index (κ2) is 8.15. The number of aromatic nitrogens is 5. The van der Waals surface area contributed by atoms with Crippen LogP contribution in [0.4, 0.5) is 11.4 Å². The smallest absolute Gasteiger partial charge is 0.182 e. The quantitative estimate of drug-likeness (QED) is 0.476. The molecular weight excluding hydrogens is 410 g/mol. The molecule has 0 fully saturated rings. The summed E-state index contributed by atoms with van der Waals surface area (Å²) in [6.45, 7) is 6.60. The highest BCUT2D eigenvalue weighted by Gasteiger charge is 2.33. The van der Waals surface area contributed by atoms with Crippen LogP contribution in [0.1, 0.15) is 38.1 Å². The summed E-state index contributed by atoms with van der Waals surface area (Å²) in [7, 11) is 3.86. The van der Waals surface area contributed by atoms with Crippen molar-refractivity contribution in [1.82, 2.24) is 25.3 Å². The first kappa shape index (κ1) is 21.1. The van der Waals surface area contributed by atoms with Crippen LogP contribution in [-0.4, -0.2) is 39.4 Å². The van der Waals surface area contributed by atoms with Gasteiger partial charge in [0.25, 0.3) is 0 Å². The molecule has 1 atom stereocenters. The van der Waals surface area contributed by atoms with E-state index in [1.165, 1.54) is 0 Å². The van der Waals surface area contributed by atoms with Gasteiger partial charge in [-0.2, -0.15) is 0 Å². The fourth-order valence-electron chi connectivity index (χ4n) is 3.87. The summed E-state index contributed by atoms with van der Waals surface area (Å²) in [6, 6.07) is 16.1. The normalized spacial score (nSPS) is 12.7. The summed E-state index contributed by atoms with van der Waals surface area (Å²) in [5.41, 5.74) is 3.85. The molecule has 0 aliphatic heterocycles. The van der Waals surface area contributed by atoms with Crippen LogP contribution in [0.3, 0.4) is 0 Å². The van der Waals surface area contributed by atoms with E-state index in [1.54, 1.807) is 11.0 Å². The third-order valence-electron chi connectivity index (χ3n) is 5.18. The van der Waals surface area contributed by atoms with Crippen LogP contribution in [-0.2, 0) is 0 Å². The molecule has 1 N–H and O–H groups in total. The molecule has 0 spiro atoms. The topological polar surface area (TPSA) is 71.8 Å². The predicted molar refractivity (Wildman–Crippen MR) is 126 cm³/mol. The van der Waals surface area contributed by atoms with Crippen molar-refractivity contribution < 1.29 is 0 Å². The second-order valence-corrected chi connectivity index (χ2v) is 9.28. The van der Waals surface area contributed by atoms with Crippen LogP contribution in [0.2, 0.25) is 5.02 Å². The average Bonchev–Trinajstić information content (AvgIpc) is 3.16. The second-order valence-electron chi connectivity index (χ2n) is 8.84. The first-order chi connectivity index (χ1) is 14.7. The number of tetrazole rings is 1. The lowest BCUT2D eigenvalue weighted by atomic mass is 9.76. The molecule has 4 aromatic rings. The molecule has 0 saturated heterocycles. The summed E-state index contributed by atoms with van der Waals surface area (Å²) >= 11 is 6.13. The minimum absolute atomic E-state index is 0.000333. The molecule has 2 heterocycles. The fraction of sp³-hybridized carbons (Fsp3) is 0.304. The number of pyridine rings is 1. The summed E-state index contributed by atoms with van der Waals surface area (Å²) in [5, 5.41) is 19.6. The molecule has 2 aromatic heterocycles. The van der Waals surface area contributed by atoms with E-state index < -0.39 is 0 Å². The lowest BCUT2D eigenvalue weighted by molar-refractivity contribution is 0.336. The highest BCUT2D eigenvalue weighted by Crippen LogP contribution is 2.40. The van der Waals surface area contributed by atoms with Gasteiger partial charge in [-0.3, -0.25) is 9.99 Å². The Labute approximate surface area is 187 Å². The lowest BCUT2D eigenvalue weighted by Crippen LogP contribution is -2.32. The Hall–Kier alpha value is -3.19. The molecule has 2 aromatic carbocycles. The number of rotatable bonds is 5. The molecule has 31 heavy (non-hydrogen) atoms. The van der Waals surface area contributed by atoms with E-state index >= 15 is 0 Å². The Kier molecular flexibility index (Phi) is 5.54. The molecule has 0 aliphatic rings. The zero-order chi connectivity index (χ0) is 22.2. The zero-order valence-corrected chi connectivity index (χ0v) is 19.1. The highest BCUT2D eigenvalue weighted by atomic mass is 35.5. The number of anilines is 2. The number of hydrogen-bond acceptors (Lipinski definition) is 6. The molecule has 4 rings (SSSR count). The van der Waals surface area contributed by atoms with Crippen molar-refractivity contribution in [3.05, 3.63) is 71.1 Å². The Morgan fingerprint density at radius 1 is 1.06 bits per heavy atom. The molecule has 0 bridgehead atoms. The fourth-order valence-corrected chi connectivity index (χ4v) is 4.03. The summed E-state index contributed by atoms with van der Waals surface area (Å²) in [6.07, 6.45) is 1.79. The van der Waals surface area contributed by atoms with Crippen LogP contribution in [0.25, 0.3) is 10.9 Å². The van der Waals surface area contributed by atoms with Gasteiger partial charge >= 0.3 is 0 Å². The maximum absolute atomic E-state index is 6.13. The molecule has 0 aliphatic carbocycles. The van der Waals surface area contributed by atoms with Crippen molar-refractivity contribution in [1.29, 1.82) is 0 Å². The molecule has 7 nitrogen and oxygen atoms in total. The van der Waals surface area contributed by atoms with E-state index in [0.29, 0.717) is 5.02 Å². The Morgan fingerprint density at radius 3 is 2.61 bits per heavy atom. The molecule has 8 heteroatoms. The van der Waals surface area contributed by atoms with Crippen molar-refractivity contribution in [2.75, 3.05) is 24.4 Å². The van der Waals surface area contributed by atoms with Crippen LogP contribution >= 0.6 is 11.6 Å². The van der Waals surface area contributed by atoms with Gasteiger partial charge in [-0.1, -0.05) is 44.5 Å². The van der Waals surface area contributed by atoms with Gasteiger partial charge in [-0.15, -0.1) is 9.89 Å². The van der Waals surface area contributed by atoms with Gasteiger partial charge in [-0.05, 0) is 57.8 Å². The Bertz CT molecular complexity index is 1210. The van der Waals surface area contributed by atoms with Gasteiger partial charge in [-0.25, -0.2) is 0 Å². The Balaban J connectivity index is 1.74. The van der Waals surface area contributed by atoms with Crippen LogP contribution in [0.5, 0.6) is 0 Å². The van der Waals surface area contributed by atoms with E-state index in [4.69, 9.17) is 11.6 Å². The summed E-state index contributed by atoms with van der Waals surface area (Å²) in [4.78, 5) is 6.17. The Morgan fingerprint density at radius 2 is 1.87 bits per heavy atom. The highest BCUT2D eigenvalue weighted by molar-refractivity contribution is 6.31. The number of hydrogen-bond donors (Lipinski definition) is 1. The third kappa shape index (κ3) is 4.32. The van der Waals surface area contributed by atoms with Gasteiger partial charge < -0.3 is 5.32 Å². The first-order valence-electron chi connectivity index (χ1n) is 10.1. The van der Waals surface area contributed by atoms with E-state index in [1.807, 2.05) is 43.4 Å². The van der Waals surface area contributed by atoms with Crippen LogP contribution < -0.4 is 10.3 Å². The minimum atomic E-state index is -0.0960. The molecule has 160 valence electrons. The van der Waals surface area contributed by atoms with Crippen molar-refractivity contribution in [2.24, 2.45) is 5.41 Å². The molecule has 0 saturated carbocycles. The van der Waals surface area contributed by atoms with E-state index in [0.717, 1.165) is 33.7 Å². The molecule has 0 amide bonds. The predicted octanol–water partition coefficient (Wildman–Crippen LogP) is 4.99. The maximum atomic E-state index is 6.13. The van der Waals surface area contributed by atoms with Gasteiger partial charge in [0.15, 0.2) is 5.82 Å². The van der Waals surface area contributed by atoms with Crippen molar-refractivity contribution in [3.8, 4) is 0 Å². The number of nitrogens with one attached hydrogen (secondary N) is 1. The monoisotopic (exact) mass is 435 g/mol. The number of halogens is 1. The summed E-state index contributed by atoms with van der Waals surface area (Å²) < 4.78 is 0. The molecular formula is C23H26ClN7. The average molecular weight is 436 g/mol. The van der Waals surface area contributed by atoms with E-state index in [-0.39, 0.29) is 11.3 Å². The third-order valence-corrected chi connectivity index (χ3v) is 5.42. The zero-order valence-electron chi connectivity index (χ0n) is 18.3. The van der Waals surface area contributed by atoms with Gasteiger partial charge in [0.2, 0.25) is 0 Å². The van der Waals surface area contributed by atoms with Crippen LogP contribution in [0.15, 0.2) is 54.7 Å². The van der Waals surface area contributed by atoms with Crippen molar-refractivity contribution in [3.63, 3.8) is 0 Å². The lowest BCUT2D eigenvalue weighted by Gasteiger charge is -2.31. The van der Waals surface area contributed by atoms with Crippen molar-refractivity contribution in [2.45, 2.75) is 26.7 Å². The SMILES string of the molecule is CN(C)n1nnnc1C(c1cccc(Nc2ccnc3cc(Cl)ccc23)c1)C(C)(C)C. The van der Waals surface area contributed by atoms with Crippen LogP contribution in [0, 0.1) is 5.41 Å². The van der Waals surface area contributed by atoms with Gasteiger partial charge in [0.1, 0.15) is 0 Å². The summed E-state index contributed by atoms with van der Waals surface area (Å²) in [5.74, 6) is 0.804. The first-order valence-corrected chi connectivity index (χ1v) is 10.5. The molecule has 0 radical (unpaired) electrons. The number of nitrogens with zero attached hydrogens (tertiary/aromatic N) is 6. The van der Waals surface area contributed by atoms with Gasteiger partial charge in [0, 0.05) is 42.1 Å². The van der Waals surface area contributed by atoms with Gasteiger partial charge in [0.05, 0.1) is 11.4 Å². The minimum Gasteiger partial charge on any atom is -0.355 e. The number of benzene rings is 2. The maximum Gasteiger partial charge on any atom is 0.182 e. The molecule has 1 unspecified atom stereocenters. The largest absolute Gasteiger partial charge is 0.355 e. The standard InChI is InChI=1S/C23H26ClN7/c1-23(2,3)21(22-27-28-29-31(22)30(4)5)15-7-6-8-17(13-15)26-19-11-12-25-20-14-16(24)9-10-18(19)20/h6-14,21H,1-5H3,(H,25,26). The van der Waals surface area contributed by atoms with E-state index in [2.05, 4.69) is 70.9 Å². The number of fused-ring (bicyclic) bond motifs is 1. The van der Waals surface area contributed by atoms with Crippen molar-refractivity contribution >= 4 is 33.9 Å². The van der Waals surface area contributed by atoms with E-state index in [9.17, 15) is 0 Å².